The summed E-state index contributed by atoms with van der Waals surface area (Å²) < 4.78 is 26.9. The second kappa shape index (κ2) is 13.8. The second-order valence-electron chi connectivity index (χ2n) is 7.33. The van der Waals surface area contributed by atoms with Gasteiger partial charge < -0.3 is 15.5 Å². The maximum atomic E-state index is 12.2. The Morgan fingerprint density at radius 3 is 2.61 bits per heavy atom. The first-order valence-corrected chi connectivity index (χ1v) is 11.7. The number of nitrogens with one attached hydrogen (secondary N) is 3. The minimum absolute atomic E-state index is 0. The SMILES string of the molecule is CCNC(=NCCNS(=O)(=O)c1cccnc1)NC1CCN(CC(=O)N(C)C)CC1.I. The zero-order valence-electron chi connectivity index (χ0n) is 18.4. The summed E-state index contributed by atoms with van der Waals surface area (Å²) in [5.41, 5.74) is 0. The number of halogens is 1. The number of likely N-dealkylation sites (tertiary alicyclic amines) is 1. The van der Waals surface area contributed by atoms with E-state index < -0.39 is 10.0 Å². The summed E-state index contributed by atoms with van der Waals surface area (Å²) in [4.78, 5) is 24.1. The molecule has 0 spiro atoms. The first kappa shape index (κ1) is 27.5. The highest BCUT2D eigenvalue weighted by molar-refractivity contribution is 14.0. The van der Waals surface area contributed by atoms with Crippen molar-refractivity contribution >= 4 is 45.9 Å². The van der Waals surface area contributed by atoms with Gasteiger partial charge in [0, 0.05) is 58.7 Å². The summed E-state index contributed by atoms with van der Waals surface area (Å²) in [5, 5.41) is 6.61. The van der Waals surface area contributed by atoms with Gasteiger partial charge in [-0.1, -0.05) is 0 Å². The van der Waals surface area contributed by atoms with Crippen LogP contribution in [0.5, 0.6) is 0 Å². The molecule has 1 amide bonds. The van der Waals surface area contributed by atoms with Crippen molar-refractivity contribution in [2.75, 3.05) is 53.4 Å². The lowest BCUT2D eigenvalue weighted by Crippen LogP contribution is -2.50. The molecule has 0 saturated carbocycles. The Labute approximate surface area is 202 Å². The Morgan fingerprint density at radius 2 is 2.03 bits per heavy atom. The number of aliphatic imine (C=N–C) groups is 1. The second-order valence-corrected chi connectivity index (χ2v) is 9.10. The molecule has 0 radical (unpaired) electrons. The fourth-order valence-electron chi connectivity index (χ4n) is 3.02. The monoisotopic (exact) mass is 567 g/mol. The van der Waals surface area contributed by atoms with E-state index in [4.69, 9.17) is 0 Å². The van der Waals surface area contributed by atoms with Gasteiger partial charge in [0.2, 0.25) is 15.9 Å². The number of nitrogens with zero attached hydrogens (tertiary/aromatic N) is 4. The Morgan fingerprint density at radius 1 is 1.32 bits per heavy atom. The van der Waals surface area contributed by atoms with Crippen LogP contribution in [0.4, 0.5) is 0 Å². The lowest BCUT2D eigenvalue weighted by atomic mass is 10.1. The van der Waals surface area contributed by atoms with Crippen molar-refractivity contribution in [2.24, 2.45) is 4.99 Å². The van der Waals surface area contributed by atoms with Crippen LogP contribution in [0.25, 0.3) is 0 Å². The topological polar surface area (TPSA) is 119 Å². The molecule has 31 heavy (non-hydrogen) atoms. The molecule has 0 atom stereocenters. The number of guanidine groups is 1. The highest BCUT2D eigenvalue weighted by atomic mass is 127. The van der Waals surface area contributed by atoms with E-state index in [1.807, 2.05) is 6.92 Å². The van der Waals surface area contributed by atoms with Crippen LogP contribution in [-0.4, -0.2) is 94.5 Å². The molecular formula is C19H34IN7O3S. The summed E-state index contributed by atoms with van der Waals surface area (Å²) in [6.07, 6.45) is 4.68. The summed E-state index contributed by atoms with van der Waals surface area (Å²) in [5.74, 6) is 0.783. The summed E-state index contributed by atoms with van der Waals surface area (Å²) >= 11 is 0. The van der Waals surface area contributed by atoms with Crippen molar-refractivity contribution in [1.82, 2.24) is 30.1 Å². The molecule has 2 rings (SSSR count). The number of pyridine rings is 1. The zero-order chi connectivity index (χ0) is 22.0. The van der Waals surface area contributed by atoms with Crippen molar-refractivity contribution < 1.29 is 13.2 Å². The minimum atomic E-state index is -3.58. The maximum Gasteiger partial charge on any atom is 0.242 e. The molecule has 176 valence electrons. The fourth-order valence-corrected chi connectivity index (χ4v) is 4.00. The predicted molar refractivity (Wildman–Crippen MR) is 132 cm³/mol. The van der Waals surface area contributed by atoms with Gasteiger partial charge in [-0.05, 0) is 31.9 Å². The molecule has 1 aromatic heterocycles. The van der Waals surface area contributed by atoms with Crippen LogP contribution < -0.4 is 15.4 Å². The van der Waals surface area contributed by atoms with Crippen molar-refractivity contribution in [3.8, 4) is 0 Å². The van der Waals surface area contributed by atoms with Gasteiger partial charge in [-0.3, -0.25) is 19.7 Å². The quantitative estimate of drug-likeness (QED) is 0.168. The lowest BCUT2D eigenvalue weighted by Gasteiger charge is -2.33. The van der Waals surface area contributed by atoms with Gasteiger partial charge in [-0.2, -0.15) is 0 Å². The van der Waals surface area contributed by atoms with Gasteiger partial charge >= 0.3 is 0 Å². The molecule has 0 unspecified atom stereocenters. The number of aromatic nitrogens is 1. The molecule has 3 N–H and O–H groups in total. The number of carbonyl (C=O) groups excluding carboxylic acids is 1. The van der Waals surface area contributed by atoms with E-state index in [0.29, 0.717) is 25.6 Å². The Kier molecular flexibility index (Phi) is 12.3. The third-order valence-corrected chi connectivity index (χ3v) is 6.20. The number of carbonyl (C=O) groups is 1. The van der Waals surface area contributed by atoms with E-state index >= 15 is 0 Å². The molecule has 1 aliphatic heterocycles. The number of hydrogen-bond acceptors (Lipinski definition) is 6. The van der Waals surface area contributed by atoms with Crippen LogP contribution in [0.3, 0.4) is 0 Å². The lowest BCUT2D eigenvalue weighted by molar-refractivity contribution is -0.130. The van der Waals surface area contributed by atoms with E-state index in [1.54, 1.807) is 25.1 Å². The van der Waals surface area contributed by atoms with Crippen LogP contribution >= 0.6 is 24.0 Å². The number of rotatable bonds is 9. The first-order valence-electron chi connectivity index (χ1n) is 10.2. The average Bonchev–Trinajstić information content (AvgIpc) is 2.73. The zero-order valence-corrected chi connectivity index (χ0v) is 21.5. The number of hydrogen-bond donors (Lipinski definition) is 3. The fraction of sp³-hybridized carbons (Fsp3) is 0.632. The Balaban J connectivity index is 0.00000480. The van der Waals surface area contributed by atoms with Gasteiger partial charge in [0.25, 0.3) is 0 Å². The van der Waals surface area contributed by atoms with Crippen molar-refractivity contribution in [3.05, 3.63) is 24.5 Å². The summed E-state index contributed by atoms with van der Waals surface area (Å²) in [7, 11) is -0.0381. The number of sulfonamides is 1. The van der Waals surface area contributed by atoms with E-state index in [9.17, 15) is 13.2 Å². The number of piperidine rings is 1. The standard InChI is InChI=1S/C19H33N7O3S.HI/c1-4-21-19(22-10-11-23-30(28,29)17-6-5-9-20-14-17)24-16-7-12-26(13-8-16)15-18(27)25(2)3;/h5-6,9,14,16,23H,4,7-8,10-13,15H2,1-3H3,(H2,21,22,24);1H. The molecule has 1 saturated heterocycles. The van der Waals surface area contributed by atoms with Crippen LogP contribution in [-0.2, 0) is 14.8 Å². The Hall–Kier alpha value is -1.51. The van der Waals surface area contributed by atoms with Gasteiger partial charge in [-0.15, -0.1) is 24.0 Å². The maximum absolute atomic E-state index is 12.2. The number of amides is 1. The van der Waals surface area contributed by atoms with Gasteiger partial charge in [0.15, 0.2) is 5.96 Å². The third kappa shape index (κ3) is 9.66. The van der Waals surface area contributed by atoms with E-state index in [2.05, 4.69) is 30.2 Å². The molecule has 1 aliphatic rings. The number of likely N-dealkylation sites (N-methyl/N-ethyl adjacent to an activating group) is 1. The van der Waals surface area contributed by atoms with E-state index in [-0.39, 0.29) is 47.4 Å². The molecule has 10 nitrogen and oxygen atoms in total. The van der Waals surface area contributed by atoms with Gasteiger partial charge in [0.05, 0.1) is 13.1 Å². The predicted octanol–water partition coefficient (Wildman–Crippen LogP) is 0.0856. The van der Waals surface area contributed by atoms with E-state index in [1.165, 1.54) is 18.5 Å². The smallest absolute Gasteiger partial charge is 0.242 e. The minimum Gasteiger partial charge on any atom is -0.357 e. The molecule has 0 bridgehead atoms. The van der Waals surface area contributed by atoms with Crippen molar-refractivity contribution in [2.45, 2.75) is 30.7 Å². The van der Waals surface area contributed by atoms with Crippen LogP contribution in [0.1, 0.15) is 19.8 Å². The molecular weight excluding hydrogens is 533 g/mol. The van der Waals surface area contributed by atoms with Gasteiger partial charge in [-0.25, -0.2) is 13.1 Å². The molecule has 2 heterocycles. The van der Waals surface area contributed by atoms with Crippen molar-refractivity contribution in [3.63, 3.8) is 0 Å². The highest BCUT2D eigenvalue weighted by Gasteiger charge is 2.22. The van der Waals surface area contributed by atoms with Crippen molar-refractivity contribution in [1.29, 1.82) is 0 Å². The van der Waals surface area contributed by atoms with E-state index in [0.717, 1.165) is 25.9 Å². The first-order chi connectivity index (χ1) is 14.3. The Bertz CT molecular complexity index is 798. The van der Waals surface area contributed by atoms with Crippen LogP contribution in [0.2, 0.25) is 0 Å². The van der Waals surface area contributed by atoms with Gasteiger partial charge in [0.1, 0.15) is 4.90 Å². The largest absolute Gasteiger partial charge is 0.357 e. The average molecular weight is 567 g/mol. The highest BCUT2D eigenvalue weighted by Crippen LogP contribution is 2.10. The molecule has 1 aromatic rings. The summed E-state index contributed by atoms with van der Waals surface area (Å²) in [6, 6.07) is 3.35. The third-order valence-electron chi connectivity index (χ3n) is 4.75. The molecule has 1 fully saturated rings. The molecule has 0 aliphatic carbocycles. The molecule has 12 heteroatoms. The van der Waals surface area contributed by atoms with Crippen LogP contribution in [0.15, 0.2) is 34.4 Å². The summed E-state index contributed by atoms with van der Waals surface area (Å²) in [6.45, 7) is 5.35. The van der Waals surface area contributed by atoms with Crippen LogP contribution in [0, 0.1) is 0 Å². The molecule has 0 aromatic carbocycles. The normalized spacial score (nSPS) is 15.8.